The van der Waals surface area contributed by atoms with Crippen molar-refractivity contribution in [3.63, 3.8) is 0 Å². The van der Waals surface area contributed by atoms with Crippen molar-refractivity contribution in [1.82, 2.24) is 9.97 Å². The van der Waals surface area contributed by atoms with Crippen LogP contribution in [0.3, 0.4) is 0 Å². The van der Waals surface area contributed by atoms with Crippen LogP contribution in [0.4, 0.5) is 0 Å². The van der Waals surface area contributed by atoms with Gasteiger partial charge in [-0.3, -0.25) is 0 Å². The average molecular weight is 244 g/mol. The second kappa shape index (κ2) is 5.09. The van der Waals surface area contributed by atoms with E-state index < -0.39 is 0 Å². The van der Waals surface area contributed by atoms with Crippen LogP contribution in [0.1, 0.15) is 50.1 Å². The molecule has 0 unspecified atom stereocenters. The molecule has 3 nitrogen and oxygen atoms in total. The number of rotatable bonds is 3. The van der Waals surface area contributed by atoms with E-state index in [4.69, 9.17) is 4.42 Å². The highest BCUT2D eigenvalue weighted by Gasteiger charge is 2.15. The predicted octanol–water partition coefficient (Wildman–Crippen LogP) is 4.04. The maximum atomic E-state index is 5.72. The van der Waals surface area contributed by atoms with Crippen molar-refractivity contribution in [1.29, 1.82) is 0 Å². The van der Waals surface area contributed by atoms with E-state index in [0.29, 0.717) is 5.71 Å². The van der Waals surface area contributed by atoms with Crippen LogP contribution in [0.15, 0.2) is 16.5 Å². The van der Waals surface area contributed by atoms with E-state index in [-0.39, 0.29) is 0 Å². The van der Waals surface area contributed by atoms with Crippen molar-refractivity contribution in [3.05, 3.63) is 23.7 Å². The van der Waals surface area contributed by atoms with Gasteiger partial charge in [0.2, 0.25) is 5.71 Å². The maximum absolute atomic E-state index is 5.72. The number of aromatic nitrogens is 2. The van der Waals surface area contributed by atoms with Gasteiger partial charge in [-0.1, -0.05) is 32.1 Å². The minimum Gasteiger partial charge on any atom is -0.422 e. The lowest BCUT2D eigenvalue weighted by Gasteiger charge is -2.20. The van der Waals surface area contributed by atoms with Gasteiger partial charge in [0.1, 0.15) is 5.52 Å². The van der Waals surface area contributed by atoms with E-state index in [0.717, 1.165) is 29.4 Å². The zero-order chi connectivity index (χ0) is 12.4. The van der Waals surface area contributed by atoms with Gasteiger partial charge in [0.05, 0.1) is 0 Å². The standard InChI is InChI=1S/C15H20N2O/c1-11-7-9-13-15(16-11)18-14(17-13)10-8-12-5-3-2-4-6-12/h7,9,12H,2-6,8,10H2,1H3. The summed E-state index contributed by atoms with van der Waals surface area (Å²) in [4.78, 5) is 8.87. The van der Waals surface area contributed by atoms with Crippen molar-refractivity contribution < 1.29 is 4.42 Å². The van der Waals surface area contributed by atoms with Gasteiger partial charge < -0.3 is 4.42 Å². The first-order valence-corrected chi connectivity index (χ1v) is 7.04. The Kier molecular flexibility index (Phi) is 3.31. The normalized spacial score (nSPS) is 17.4. The average Bonchev–Trinajstić information content (AvgIpc) is 2.79. The molecule has 0 bridgehead atoms. The lowest BCUT2D eigenvalue weighted by molar-refractivity contribution is 0.329. The van der Waals surface area contributed by atoms with E-state index in [1.807, 2.05) is 19.1 Å². The third-order valence-corrected chi connectivity index (χ3v) is 3.93. The number of pyridine rings is 1. The molecule has 0 spiro atoms. The minimum atomic E-state index is 0.689. The van der Waals surface area contributed by atoms with Crippen molar-refractivity contribution in [3.8, 4) is 0 Å². The molecule has 2 aromatic heterocycles. The molecule has 2 aromatic rings. The SMILES string of the molecule is Cc1ccc2nc(CCC3CCCCC3)oc2n1. The first-order chi connectivity index (χ1) is 8.81. The summed E-state index contributed by atoms with van der Waals surface area (Å²) >= 11 is 0. The molecule has 3 heteroatoms. The Morgan fingerprint density at radius 1 is 1.17 bits per heavy atom. The molecule has 96 valence electrons. The monoisotopic (exact) mass is 244 g/mol. The Morgan fingerprint density at radius 2 is 2.00 bits per heavy atom. The minimum absolute atomic E-state index is 0.689. The van der Waals surface area contributed by atoms with Gasteiger partial charge in [-0.05, 0) is 31.4 Å². The molecule has 0 saturated heterocycles. The quantitative estimate of drug-likeness (QED) is 0.817. The van der Waals surface area contributed by atoms with Crippen LogP contribution >= 0.6 is 0 Å². The van der Waals surface area contributed by atoms with Crippen LogP contribution in [0.5, 0.6) is 0 Å². The smallest absolute Gasteiger partial charge is 0.247 e. The molecule has 1 aliphatic rings. The molecule has 1 aliphatic carbocycles. The Bertz CT molecular complexity index is 526. The number of aryl methyl sites for hydroxylation is 2. The van der Waals surface area contributed by atoms with Crippen molar-refractivity contribution in [2.75, 3.05) is 0 Å². The van der Waals surface area contributed by atoms with E-state index in [1.54, 1.807) is 0 Å². The van der Waals surface area contributed by atoms with Crippen LogP contribution in [0, 0.1) is 12.8 Å². The van der Waals surface area contributed by atoms with Crippen LogP contribution < -0.4 is 0 Å². The molecule has 0 aromatic carbocycles. The topological polar surface area (TPSA) is 38.9 Å². The fraction of sp³-hybridized carbons (Fsp3) is 0.600. The fourth-order valence-electron chi connectivity index (χ4n) is 2.86. The van der Waals surface area contributed by atoms with Crippen molar-refractivity contribution >= 4 is 11.2 Å². The lowest BCUT2D eigenvalue weighted by Crippen LogP contribution is -2.07. The molecule has 3 rings (SSSR count). The van der Waals surface area contributed by atoms with E-state index in [1.165, 1.54) is 38.5 Å². The third kappa shape index (κ3) is 2.55. The van der Waals surface area contributed by atoms with Crippen LogP contribution in [0.2, 0.25) is 0 Å². The van der Waals surface area contributed by atoms with Gasteiger partial charge in [-0.15, -0.1) is 0 Å². The summed E-state index contributed by atoms with van der Waals surface area (Å²) < 4.78 is 5.72. The Labute approximate surface area is 108 Å². The van der Waals surface area contributed by atoms with Crippen LogP contribution in [-0.4, -0.2) is 9.97 Å². The molecular weight excluding hydrogens is 224 g/mol. The van der Waals surface area contributed by atoms with Crippen LogP contribution in [0.25, 0.3) is 11.2 Å². The van der Waals surface area contributed by atoms with Crippen molar-refractivity contribution in [2.24, 2.45) is 5.92 Å². The first kappa shape index (κ1) is 11.7. The summed E-state index contributed by atoms with van der Waals surface area (Å²) in [6, 6.07) is 3.97. The second-order valence-electron chi connectivity index (χ2n) is 5.43. The molecule has 0 N–H and O–H groups in total. The number of hydrogen-bond acceptors (Lipinski definition) is 3. The number of hydrogen-bond donors (Lipinski definition) is 0. The Hall–Kier alpha value is -1.38. The predicted molar refractivity (Wildman–Crippen MR) is 71.4 cm³/mol. The number of nitrogens with zero attached hydrogens (tertiary/aromatic N) is 2. The number of fused-ring (bicyclic) bond motifs is 1. The molecule has 1 saturated carbocycles. The summed E-state index contributed by atoms with van der Waals surface area (Å²) in [6.45, 7) is 1.98. The van der Waals surface area contributed by atoms with Gasteiger partial charge in [0, 0.05) is 12.1 Å². The molecule has 0 amide bonds. The highest BCUT2D eigenvalue weighted by atomic mass is 16.4. The number of oxazole rings is 1. The van der Waals surface area contributed by atoms with Gasteiger partial charge in [0.25, 0.3) is 0 Å². The summed E-state index contributed by atoms with van der Waals surface area (Å²) in [5, 5.41) is 0. The maximum Gasteiger partial charge on any atom is 0.247 e. The van der Waals surface area contributed by atoms with E-state index in [2.05, 4.69) is 9.97 Å². The zero-order valence-corrected chi connectivity index (χ0v) is 11.0. The largest absolute Gasteiger partial charge is 0.422 e. The van der Waals surface area contributed by atoms with Crippen molar-refractivity contribution in [2.45, 2.75) is 51.9 Å². The highest BCUT2D eigenvalue weighted by molar-refractivity contribution is 5.67. The fourth-order valence-corrected chi connectivity index (χ4v) is 2.86. The van der Waals surface area contributed by atoms with Gasteiger partial charge in [0.15, 0.2) is 5.89 Å². The zero-order valence-electron chi connectivity index (χ0n) is 11.0. The molecule has 0 radical (unpaired) electrons. The Balaban J connectivity index is 1.67. The summed E-state index contributed by atoms with van der Waals surface area (Å²) in [5.74, 6) is 1.73. The molecular formula is C15H20N2O. The van der Waals surface area contributed by atoms with Gasteiger partial charge in [-0.25, -0.2) is 9.97 Å². The lowest BCUT2D eigenvalue weighted by atomic mass is 9.86. The molecule has 2 heterocycles. The highest BCUT2D eigenvalue weighted by Crippen LogP contribution is 2.27. The van der Waals surface area contributed by atoms with E-state index >= 15 is 0 Å². The molecule has 0 aliphatic heterocycles. The molecule has 1 fully saturated rings. The van der Waals surface area contributed by atoms with Gasteiger partial charge >= 0.3 is 0 Å². The summed E-state index contributed by atoms with van der Waals surface area (Å²) in [6.07, 6.45) is 9.17. The third-order valence-electron chi connectivity index (χ3n) is 3.93. The van der Waals surface area contributed by atoms with Gasteiger partial charge in [-0.2, -0.15) is 0 Å². The van der Waals surface area contributed by atoms with Crippen LogP contribution in [-0.2, 0) is 6.42 Å². The Morgan fingerprint density at radius 3 is 2.83 bits per heavy atom. The summed E-state index contributed by atoms with van der Waals surface area (Å²) in [5.41, 5.74) is 2.56. The molecule has 18 heavy (non-hydrogen) atoms. The summed E-state index contributed by atoms with van der Waals surface area (Å²) in [7, 11) is 0. The van der Waals surface area contributed by atoms with E-state index in [9.17, 15) is 0 Å². The molecule has 0 atom stereocenters. The first-order valence-electron chi connectivity index (χ1n) is 7.04. The second-order valence-corrected chi connectivity index (χ2v) is 5.43.